The molecule has 0 aromatic rings. The number of nitrogens with zero attached hydrogens (tertiary/aromatic N) is 1. The first-order valence-corrected chi connectivity index (χ1v) is 16.0. The van der Waals surface area contributed by atoms with E-state index in [1.54, 1.807) is 49.1 Å². The molecular formula is C33H54N2O9. The second-order valence-electron chi connectivity index (χ2n) is 13.3. The van der Waals surface area contributed by atoms with Gasteiger partial charge >= 0.3 is 12.1 Å². The van der Waals surface area contributed by atoms with Crippen LogP contribution in [0.2, 0.25) is 0 Å². The van der Waals surface area contributed by atoms with Crippen LogP contribution in [0.15, 0.2) is 36.0 Å². The fourth-order valence-corrected chi connectivity index (χ4v) is 5.83. The number of esters is 1. The Bertz CT molecular complexity index is 1050. The zero-order valence-electron chi connectivity index (χ0n) is 27.1. The van der Waals surface area contributed by atoms with E-state index < -0.39 is 47.7 Å². The molecule has 0 aliphatic carbocycles. The molecule has 3 aliphatic rings. The van der Waals surface area contributed by atoms with E-state index in [0.717, 1.165) is 0 Å². The lowest BCUT2D eigenvalue weighted by molar-refractivity contribution is -0.151. The largest absolute Gasteiger partial charge is 0.457 e. The predicted octanol–water partition coefficient (Wildman–Crippen LogP) is 2.61. The Morgan fingerprint density at radius 2 is 2.00 bits per heavy atom. The molecule has 3 aliphatic heterocycles. The number of aliphatic hydroxyl groups is 4. The number of epoxide rings is 1. The van der Waals surface area contributed by atoms with E-state index in [9.17, 15) is 30.0 Å². The minimum absolute atomic E-state index is 0.00958. The van der Waals surface area contributed by atoms with E-state index in [1.807, 2.05) is 27.7 Å². The summed E-state index contributed by atoms with van der Waals surface area (Å²) in [4.78, 5) is 27.3. The van der Waals surface area contributed by atoms with Gasteiger partial charge in [0.25, 0.3) is 0 Å². The monoisotopic (exact) mass is 622 g/mol. The van der Waals surface area contributed by atoms with E-state index in [4.69, 9.17) is 14.2 Å². The third-order valence-electron chi connectivity index (χ3n) is 8.97. The van der Waals surface area contributed by atoms with Crippen LogP contribution in [0.5, 0.6) is 0 Å². The molecule has 3 rings (SSSR count). The van der Waals surface area contributed by atoms with Crippen molar-refractivity contribution in [3.05, 3.63) is 36.0 Å². The number of amides is 1. The molecule has 250 valence electrons. The van der Waals surface area contributed by atoms with E-state index in [0.29, 0.717) is 44.6 Å². The van der Waals surface area contributed by atoms with E-state index in [2.05, 4.69) is 5.32 Å². The molecule has 0 saturated carbocycles. The van der Waals surface area contributed by atoms with Gasteiger partial charge in [0, 0.05) is 44.4 Å². The number of hydrogen-bond acceptors (Lipinski definition) is 10. The van der Waals surface area contributed by atoms with Crippen LogP contribution in [-0.2, 0) is 19.0 Å². The number of allylic oxidation sites excluding steroid dienone is 2. The molecule has 10 atom stereocenters. The highest BCUT2D eigenvalue weighted by molar-refractivity contribution is 5.70. The van der Waals surface area contributed by atoms with E-state index >= 15 is 0 Å². The van der Waals surface area contributed by atoms with Gasteiger partial charge in [-0.15, -0.1) is 0 Å². The van der Waals surface area contributed by atoms with Gasteiger partial charge in [-0.05, 0) is 51.7 Å². The zero-order valence-corrected chi connectivity index (χ0v) is 27.1. The van der Waals surface area contributed by atoms with Gasteiger partial charge in [0.2, 0.25) is 0 Å². The van der Waals surface area contributed by atoms with Crippen molar-refractivity contribution in [2.24, 2.45) is 11.8 Å². The Kier molecular flexibility index (Phi) is 13.0. The van der Waals surface area contributed by atoms with Gasteiger partial charge in [0.05, 0.1) is 36.4 Å². The second-order valence-corrected chi connectivity index (χ2v) is 13.3. The summed E-state index contributed by atoms with van der Waals surface area (Å²) in [5.74, 6) is -0.942. The maximum atomic E-state index is 12.9. The summed E-state index contributed by atoms with van der Waals surface area (Å²) in [6.07, 6.45) is 5.68. The van der Waals surface area contributed by atoms with Gasteiger partial charge in [0.1, 0.15) is 11.7 Å². The lowest BCUT2D eigenvalue weighted by Gasteiger charge is -2.35. The molecule has 5 N–H and O–H groups in total. The van der Waals surface area contributed by atoms with Gasteiger partial charge in [-0.25, -0.2) is 4.79 Å². The predicted molar refractivity (Wildman–Crippen MR) is 166 cm³/mol. The Hall–Kier alpha value is -2.28. The summed E-state index contributed by atoms with van der Waals surface area (Å²) in [7, 11) is 0. The summed E-state index contributed by atoms with van der Waals surface area (Å²) in [6, 6.07) is 0. The third-order valence-corrected chi connectivity index (χ3v) is 8.97. The van der Waals surface area contributed by atoms with Crippen molar-refractivity contribution in [2.75, 3.05) is 26.2 Å². The van der Waals surface area contributed by atoms with Gasteiger partial charge < -0.3 is 44.9 Å². The Labute approximate surface area is 261 Å². The first kappa shape index (κ1) is 36.2. The minimum atomic E-state index is -1.48. The number of carbonyl (C=O) groups is 2. The number of ether oxygens (including phenoxy) is 3. The molecule has 0 aromatic heterocycles. The standard InChI is InChI=1S/C33H54N2O9/c1-7-25(37)23(4)30-26(42-30)20-32(5,40)13-8-9-21(2)29-22(3)10-11-27(43-31(39)35-17-15-34-16-18-35)33(6,41)14-12-24(36)19-28(38)44-29/h8-11,13,22-27,29-30,34,36-37,40-41H,7,12,14-20H2,1-6H3/b11-10+,13-8+,21-9+/t22-,23+,24?,25-,26+,27-,29+,30?,32-,33+/m0/s1. The highest BCUT2D eigenvalue weighted by atomic mass is 16.6. The Balaban J connectivity index is 1.74. The van der Waals surface area contributed by atoms with Crippen LogP contribution < -0.4 is 5.32 Å². The smallest absolute Gasteiger partial charge is 0.410 e. The van der Waals surface area contributed by atoms with Crippen molar-refractivity contribution < 1.29 is 44.2 Å². The first-order chi connectivity index (χ1) is 20.6. The number of cyclic esters (lactones) is 1. The molecule has 11 heteroatoms. The highest BCUT2D eigenvalue weighted by Crippen LogP contribution is 2.37. The average Bonchev–Trinajstić information content (AvgIpc) is 3.73. The summed E-state index contributed by atoms with van der Waals surface area (Å²) < 4.78 is 17.3. The van der Waals surface area contributed by atoms with Crippen molar-refractivity contribution in [2.45, 2.75) is 121 Å². The SMILES string of the molecule is CC[C@H](O)[C@@H](C)C1O[C@@H]1C[C@@](C)(O)/C=C/C=C(\C)[C@H]1OC(=O)CC(O)CC[C@@](C)(O)[C@@H](OC(=O)N2CCNCC2)/C=C/[C@@H]1C. The van der Waals surface area contributed by atoms with Crippen LogP contribution in [0.25, 0.3) is 0 Å². The topological polar surface area (TPSA) is 161 Å². The molecule has 0 radical (unpaired) electrons. The van der Waals surface area contributed by atoms with Crippen LogP contribution in [0.4, 0.5) is 4.79 Å². The quantitative estimate of drug-likeness (QED) is 0.112. The van der Waals surface area contributed by atoms with Crippen LogP contribution in [-0.4, -0.2) is 111 Å². The Morgan fingerprint density at radius 1 is 1.32 bits per heavy atom. The minimum Gasteiger partial charge on any atom is -0.457 e. The van der Waals surface area contributed by atoms with Gasteiger partial charge in [-0.1, -0.05) is 45.1 Å². The van der Waals surface area contributed by atoms with Crippen LogP contribution in [0, 0.1) is 11.8 Å². The third kappa shape index (κ3) is 10.7. The number of carbonyl (C=O) groups excluding carboxylic acids is 2. The lowest BCUT2D eigenvalue weighted by Crippen LogP contribution is -2.50. The summed E-state index contributed by atoms with van der Waals surface area (Å²) >= 11 is 0. The second kappa shape index (κ2) is 15.8. The molecule has 11 nitrogen and oxygen atoms in total. The van der Waals surface area contributed by atoms with Crippen molar-refractivity contribution in [3.8, 4) is 0 Å². The molecule has 1 amide bonds. The highest BCUT2D eigenvalue weighted by Gasteiger charge is 2.47. The Morgan fingerprint density at radius 3 is 2.66 bits per heavy atom. The zero-order chi connectivity index (χ0) is 32.7. The number of piperazine rings is 1. The number of rotatable bonds is 9. The molecule has 2 unspecified atom stereocenters. The summed E-state index contributed by atoms with van der Waals surface area (Å²) in [5.41, 5.74) is -1.93. The molecule has 44 heavy (non-hydrogen) atoms. The average molecular weight is 623 g/mol. The lowest BCUT2D eigenvalue weighted by atomic mass is 9.88. The van der Waals surface area contributed by atoms with E-state index in [-0.39, 0.29) is 43.3 Å². The van der Waals surface area contributed by atoms with Crippen molar-refractivity contribution >= 4 is 12.1 Å². The van der Waals surface area contributed by atoms with Crippen LogP contribution >= 0.6 is 0 Å². The van der Waals surface area contributed by atoms with Crippen LogP contribution in [0.3, 0.4) is 0 Å². The maximum Gasteiger partial charge on any atom is 0.410 e. The van der Waals surface area contributed by atoms with Crippen molar-refractivity contribution in [1.29, 1.82) is 0 Å². The summed E-state index contributed by atoms with van der Waals surface area (Å²) in [5, 5.41) is 46.1. The van der Waals surface area contributed by atoms with Crippen molar-refractivity contribution in [1.82, 2.24) is 10.2 Å². The van der Waals surface area contributed by atoms with Gasteiger partial charge in [-0.2, -0.15) is 0 Å². The normalized spacial score (nSPS) is 35.9. The molecular weight excluding hydrogens is 568 g/mol. The fraction of sp³-hybridized carbons (Fsp3) is 0.758. The number of aliphatic hydroxyl groups excluding tert-OH is 2. The number of nitrogens with one attached hydrogen (secondary N) is 1. The summed E-state index contributed by atoms with van der Waals surface area (Å²) in [6.45, 7) is 13.1. The maximum absolute atomic E-state index is 12.9. The molecule has 0 spiro atoms. The van der Waals surface area contributed by atoms with Gasteiger partial charge in [-0.3, -0.25) is 4.79 Å². The number of hydrogen-bond donors (Lipinski definition) is 5. The first-order valence-electron chi connectivity index (χ1n) is 16.0. The van der Waals surface area contributed by atoms with Gasteiger partial charge in [0.15, 0.2) is 6.10 Å². The fourth-order valence-electron chi connectivity index (χ4n) is 5.83. The molecule has 0 aromatic carbocycles. The molecule has 3 heterocycles. The van der Waals surface area contributed by atoms with Crippen LogP contribution in [0.1, 0.15) is 73.6 Å². The molecule has 2 saturated heterocycles. The molecule has 2 fully saturated rings. The van der Waals surface area contributed by atoms with E-state index in [1.165, 1.54) is 0 Å². The van der Waals surface area contributed by atoms with Crippen molar-refractivity contribution in [3.63, 3.8) is 0 Å². The molecule has 0 bridgehead atoms.